The lowest BCUT2D eigenvalue weighted by molar-refractivity contribution is 0.0288. The molecule has 1 saturated carbocycles. The van der Waals surface area contributed by atoms with Crippen LogP contribution in [-0.4, -0.2) is 56.1 Å². The largest absolute Gasteiger partial charge is 0.497 e. The number of methoxy groups -OCH3 is 1. The minimum absolute atomic E-state index is 0.182. The molecule has 3 heterocycles. The Labute approximate surface area is 255 Å². The smallest absolute Gasteiger partial charge is 0.410 e. The summed E-state index contributed by atoms with van der Waals surface area (Å²) in [6.07, 6.45) is 4.11. The molecule has 2 aromatic heterocycles. The summed E-state index contributed by atoms with van der Waals surface area (Å²) in [5.74, 6) is 6.62. The van der Waals surface area contributed by atoms with E-state index in [2.05, 4.69) is 28.2 Å². The number of halogens is 1. The molecule has 1 N–H and O–H groups in total. The van der Waals surface area contributed by atoms with Gasteiger partial charge in [-0.3, -0.25) is 0 Å². The highest BCUT2D eigenvalue weighted by atomic mass is 19.1. The van der Waals surface area contributed by atoms with E-state index in [1.165, 1.54) is 6.07 Å². The zero-order chi connectivity index (χ0) is 31.0. The van der Waals surface area contributed by atoms with E-state index in [-0.39, 0.29) is 22.9 Å². The molecule has 4 aromatic rings. The van der Waals surface area contributed by atoms with Gasteiger partial charge in [-0.05, 0) is 69.7 Å². The van der Waals surface area contributed by atoms with E-state index >= 15 is 4.39 Å². The number of carbonyl (C=O) groups excluding carboxylic acids is 1. The second-order valence-corrected chi connectivity index (χ2v) is 12.2. The van der Waals surface area contributed by atoms with Crippen molar-refractivity contribution in [3.05, 3.63) is 70.9 Å². The first-order valence-electron chi connectivity index (χ1n) is 14.7. The maximum atomic E-state index is 15.2. The van der Waals surface area contributed by atoms with Crippen LogP contribution >= 0.6 is 0 Å². The zero-order valence-corrected chi connectivity index (χ0v) is 25.2. The number of nitriles is 1. The summed E-state index contributed by atoms with van der Waals surface area (Å²) in [5.41, 5.74) is 2.43. The summed E-state index contributed by atoms with van der Waals surface area (Å²) >= 11 is 0. The van der Waals surface area contributed by atoms with Gasteiger partial charge in [-0.15, -0.1) is 0 Å². The van der Waals surface area contributed by atoms with Gasteiger partial charge in [0.15, 0.2) is 5.69 Å². The number of hydrogen-bond donors (Lipinski definition) is 1. The summed E-state index contributed by atoms with van der Waals surface area (Å²) in [6, 6.07) is 13.1. The predicted octanol–water partition coefficient (Wildman–Crippen LogP) is 5.78. The fraction of sp³-hybridized carbons (Fsp3) is 0.394. The molecule has 10 nitrogen and oxygen atoms in total. The molecule has 2 aromatic carbocycles. The van der Waals surface area contributed by atoms with Crippen LogP contribution < -0.4 is 10.1 Å². The number of likely N-dealkylation sites (tertiary alicyclic amines) is 1. The van der Waals surface area contributed by atoms with Crippen molar-refractivity contribution in [1.82, 2.24) is 24.2 Å². The lowest BCUT2D eigenvalue weighted by Gasteiger charge is -2.24. The Morgan fingerprint density at radius 3 is 2.59 bits per heavy atom. The molecule has 0 radical (unpaired) electrons. The van der Waals surface area contributed by atoms with E-state index in [1.54, 1.807) is 29.1 Å². The molecule has 1 atom stereocenters. The summed E-state index contributed by atoms with van der Waals surface area (Å²) in [5, 5.41) is 18.3. The van der Waals surface area contributed by atoms with Crippen molar-refractivity contribution in [2.45, 2.75) is 64.3 Å². The number of anilines is 1. The molecule has 6 rings (SSSR count). The van der Waals surface area contributed by atoms with Crippen LogP contribution in [0.4, 0.5) is 15.0 Å². The van der Waals surface area contributed by atoms with Crippen molar-refractivity contribution in [1.29, 1.82) is 5.26 Å². The van der Waals surface area contributed by atoms with Gasteiger partial charge in [0.1, 0.15) is 34.6 Å². The Morgan fingerprint density at radius 2 is 1.91 bits per heavy atom. The standard InChI is InChI=1S/C33H34FN7O3/c1-33(2,3)44-32(42)39-14-13-24(19-39)41-31(36-18-21-5-10-25(43-4)11-6-21)26(17-35)28(38-41)12-7-22-15-29-30(16-27(22)34)40(20-37-29)23-8-9-23/h5-6,10-11,15-16,20,23-24,36H,8-9,13-14,18-19H2,1-4H3/t24-/m0/s1. The van der Waals surface area contributed by atoms with E-state index in [0.717, 1.165) is 29.7 Å². The minimum atomic E-state index is -0.614. The number of aromatic nitrogens is 4. The molecule has 0 bridgehead atoms. The van der Waals surface area contributed by atoms with E-state index in [9.17, 15) is 10.1 Å². The Hall–Kier alpha value is -5.03. The predicted molar refractivity (Wildman–Crippen MR) is 163 cm³/mol. The molecule has 1 aliphatic heterocycles. The molecular formula is C33H34FN7O3. The first-order chi connectivity index (χ1) is 21.1. The maximum Gasteiger partial charge on any atom is 0.410 e. The fourth-order valence-electron chi connectivity index (χ4n) is 5.34. The molecule has 1 saturated heterocycles. The zero-order valence-electron chi connectivity index (χ0n) is 25.2. The average molecular weight is 596 g/mol. The number of ether oxygens (including phenoxy) is 2. The van der Waals surface area contributed by atoms with Crippen LogP contribution in [0.15, 0.2) is 42.7 Å². The topological polar surface area (TPSA) is 110 Å². The first kappa shape index (κ1) is 29.1. The number of nitrogens with one attached hydrogen (secondary N) is 1. The van der Waals surface area contributed by atoms with Gasteiger partial charge < -0.3 is 24.3 Å². The van der Waals surface area contributed by atoms with Gasteiger partial charge in [-0.2, -0.15) is 10.4 Å². The van der Waals surface area contributed by atoms with Gasteiger partial charge in [-0.1, -0.05) is 18.1 Å². The van der Waals surface area contributed by atoms with Crippen molar-refractivity contribution in [3.63, 3.8) is 0 Å². The summed E-state index contributed by atoms with van der Waals surface area (Å²) in [7, 11) is 1.61. The van der Waals surface area contributed by atoms with Crippen molar-refractivity contribution < 1.29 is 18.7 Å². The first-order valence-corrected chi connectivity index (χ1v) is 14.7. The molecule has 0 unspecified atom stereocenters. The average Bonchev–Trinajstić information content (AvgIpc) is 3.41. The quantitative estimate of drug-likeness (QED) is 0.281. The normalized spacial score (nSPS) is 16.4. The van der Waals surface area contributed by atoms with E-state index in [1.807, 2.05) is 49.6 Å². The van der Waals surface area contributed by atoms with Gasteiger partial charge in [0.2, 0.25) is 0 Å². The van der Waals surface area contributed by atoms with E-state index in [0.29, 0.717) is 43.4 Å². The third kappa shape index (κ3) is 6.04. The van der Waals surface area contributed by atoms with Crippen LogP contribution in [-0.2, 0) is 11.3 Å². The number of amides is 1. The second-order valence-electron chi connectivity index (χ2n) is 12.2. The Balaban J connectivity index is 1.32. The second kappa shape index (κ2) is 11.6. The third-order valence-corrected chi connectivity index (χ3v) is 7.72. The van der Waals surface area contributed by atoms with Crippen molar-refractivity contribution >= 4 is 22.9 Å². The molecule has 44 heavy (non-hydrogen) atoms. The number of nitrogens with zero attached hydrogens (tertiary/aromatic N) is 6. The number of carbonyl (C=O) groups is 1. The molecular weight excluding hydrogens is 561 g/mol. The summed E-state index contributed by atoms with van der Waals surface area (Å²) in [6.45, 7) is 6.75. The Kier molecular flexibility index (Phi) is 7.64. The fourth-order valence-corrected chi connectivity index (χ4v) is 5.34. The van der Waals surface area contributed by atoms with Crippen LogP contribution in [0.5, 0.6) is 5.75 Å². The number of hydrogen-bond acceptors (Lipinski definition) is 7. The van der Waals surface area contributed by atoms with Gasteiger partial charge in [-0.25, -0.2) is 18.9 Å². The van der Waals surface area contributed by atoms with Gasteiger partial charge in [0.05, 0.1) is 36.1 Å². The lowest BCUT2D eigenvalue weighted by atomic mass is 10.1. The van der Waals surface area contributed by atoms with Crippen LogP contribution in [0.1, 0.15) is 74.5 Å². The monoisotopic (exact) mass is 595 g/mol. The molecule has 1 amide bonds. The SMILES string of the molecule is COc1ccc(CNc2c(C#N)c(C#Cc3cc4ncn(C5CC5)c4cc3F)nn2[C@H]2CCN(C(=O)OC(C)(C)C)C2)cc1. The van der Waals surface area contributed by atoms with Crippen molar-refractivity contribution in [2.75, 3.05) is 25.5 Å². The summed E-state index contributed by atoms with van der Waals surface area (Å²) in [4.78, 5) is 18.9. The number of benzene rings is 2. The van der Waals surface area contributed by atoms with Gasteiger partial charge in [0, 0.05) is 31.7 Å². The molecule has 0 spiro atoms. The van der Waals surface area contributed by atoms with E-state index in [4.69, 9.17) is 14.6 Å². The molecule has 226 valence electrons. The summed E-state index contributed by atoms with van der Waals surface area (Å²) < 4.78 is 29.7. The number of rotatable bonds is 6. The van der Waals surface area contributed by atoms with Crippen molar-refractivity contribution in [2.24, 2.45) is 0 Å². The highest BCUT2D eigenvalue weighted by Gasteiger charge is 2.33. The number of imidazole rings is 1. The Bertz CT molecular complexity index is 1810. The highest BCUT2D eigenvalue weighted by Crippen LogP contribution is 2.37. The lowest BCUT2D eigenvalue weighted by Crippen LogP contribution is -2.35. The van der Waals surface area contributed by atoms with Crippen LogP contribution in [0, 0.1) is 29.0 Å². The van der Waals surface area contributed by atoms with Crippen LogP contribution in [0.3, 0.4) is 0 Å². The number of fused-ring (bicyclic) bond motifs is 1. The molecule has 2 aliphatic rings. The van der Waals surface area contributed by atoms with Crippen LogP contribution in [0.25, 0.3) is 11.0 Å². The molecule has 1 aliphatic carbocycles. The Morgan fingerprint density at radius 1 is 1.14 bits per heavy atom. The molecule has 11 heteroatoms. The third-order valence-electron chi connectivity index (χ3n) is 7.72. The molecule has 2 fully saturated rings. The van der Waals surface area contributed by atoms with Crippen molar-refractivity contribution in [3.8, 4) is 23.7 Å². The van der Waals surface area contributed by atoms with E-state index < -0.39 is 17.5 Å². The maximum absolute atomic E-state index is 15.2. The highest BCUT2D eigenvalue weighted by molar-refractivity contribution is 5.78. The van der Waals surface area contributed by atoms with Crippen LogP contribution in [0.2, 0.25) is 0 Å². The van der Waals surface area contributed by atoms with Gasteiger partial charge >= 0.3 is 6.09 Å². The minimum Gasteiger partial charge on any atom is -0.497 e. The van der Waals surface area contributed by atoms with Gasteiger partial charge in [0.25, 0.3) is 0 Å².